The molecule has 0 aliphatic heterocycles. The molecule has 0 saturated carbocycles. The van der Waals surface area contributed by atoms with E-state index in [9.17, 15) is 9.59 Å². The van der Waals surface area contributed by atoms with Crippen LogP contribution >= 0.6 is 0 Å². The van der Waals surface area contributed by atoms with Crippen LogP contribution in [-0.2, 0) is 0 Å². The average Bonchev–Trinajstić information content (AvgIpc) is 2.72. The molecule has 0 aliphatic rings. The molecule has 0 bridgehead atoms. The van der Waals surface area contributed by atoms with E-state index in [4.69, 9.17) is 0 Å². The van der Waals surface area contributed by atoms with Gasteiger partial charge >= 0.3 is 0 Å². The molecule has 5 nitrogen and oxygen atoms in total. The zero-order chi connectivity index (χ0) is 20.5. The molecule has 1 atom stereocenters. The molecule has 0 aliphatic carbocycles. The molecule has 0 saturated heterocycles. The number of nitrogens with one attached hydrogen (secondary N) is 1. The Morgan fingerprint density at radius 1 is 1.29 bits per heavy atom. The van der Waals surface area contributed by atoms with Crippen LogP contribution < -0.4 is 10.9 Å². The van der Waals surface area contributed by atoms with Gasteiger partial charge in [0.2, 0.25) is 0 Å². The van der Waals surface area contributed by atoms with Gasteiger partial charge in [0.05, 0.1) is 6.04 Å². The van der Waals surface area contributed by atoms with Crippen molar-refractivity contribution in [3.05, 3.63) is 107 Å². The van der Waals surface area contributed by atoms with Crippen LogP contribution in [0.15, 0.2) is 96.3 Å². The van der Waals surface area contributed by atoms with Gasteiger partial charge in [-0.15, -0.1) is 0 Å². The number of carbonyl (C=O) groups is 1. The van der Waals surface area contributed by atoms with Crippen molar-refractivity contribution in [3.63, 3.8) is 0 Å². The molecule has 1 N–H and O–H groups in total. The molecular weight excluding hydrogens is 350 g/mol. The lowest BCUT2D eigenvalue weighted by Gasteiger charge is -2.22. The molecule has 0 spiro atoms. The number of anilines is 1. The molecule has 2 heterocycles. The number of hydrogen-bond donors (Lipinski definition) is 1. The first kappa shape index (κ1) is 20.8. The number of amides is 1. The quantitative estimate of drug-likeness (QED) is 0.681. The van der Waals surface area contributed by atoms with Crippen LogP contribution in [0.1, 0.15) is 36.7 Å². The molecule has 2 rings (SSSR count). The fraction of sp³-hybridized carbons (Fsp3) is 0.174. The molecule has 0 radical (unpaired) electrons. The number of rotatable bonds is 8. The number of nitrogens with zero attached hydrogens (tertiary/aromatic N) is 2. The standard InChI is InChI=1S/C23H25N3O2/c1-5-8-10-19(17(4)6-2)21(7-3)26-16-9-11-20(23(26)28)22(27)25-18-12-14-24-15-13-18/h5-6,8-16,21H,1-2,7H2,3-4H3,(H,24,25,27)/b10-8-,19-17+. The Balaban J connectivity index is 2.48. The summed E-state index contributed by atoms with van der Waals surface area (Å²) in [5.41, 5.74) is 2.23. The second kappa shape index (κ2) is 10.0. The first-order chi connectivity index (χ1) is 13.5. The summed E-state index contributed by atoms with van der Waals surface area (Å²) in [5, 5.41) is 2.73. The first-order valence-electron chi connectivity index (χ1n) is 9.08. The van der Waals surface area contributed by atoms with E-state index < -0.39 is 5.91 Å². The minimum absolute atomic E-state index is 0.0843. The Bertz CT molecular complexity index is 969. The topological polar surface area (TPSA) is 64.0 Å². The van der Waals surface area contributed by atoms with Crippen molar-refractivity contribution >= 4 is 11.6 Å². The van der Waals surface area contributed by atoms with Crippen molar-refractivity contribution in [2.45, 2.75) is 26.3 Å². The molecule has 0 aromatic carbocycles. The second-order valence-electron chi connectivity index (χ2n) is 6.19. The zero-order valence-corrected chi connectivity index (χ0v) is 16.3. The molecule has 144 valence electrons. The maximum absolute atomic E-state index is 13.1. The number of pyridine rings is 2. The SMILES string of the molecule is C=C/C=C\C(=C(\C)C=C)C(CC)n1cccc(C(=O)Nc2ccncc2)c1=O. The van der Waals surface area contributed by atoms with Crippen molar-refractivity contribution in [2.24, 2.45) is 0 Å². The molecule has 1 unspecified atom stereocenters. The largest absolute Gasteiger partial charge is 0.322 e. The van der Waals surface area contributed by atoms with Crippen molar-refractivity contribution < 1.29 is 4.79 Å². The van der Waals surface area contributed by atoms with Crippen LogP contribution in [-0.4, -0.2) is 15.5 Å². The summed E-state index contributed by atoms with van der Waals surface area (Å²) in [5.74, 6) is -0.451. The minimum atomic E-state index is -0.451. The van der Waals surface area contributed by atoms with Gasteiger partial charge in [0, 0.05) is 24.3 Å². The van der Waals surface area contributed by atoms with Gasteiger partial charge in [-0.25, -0.2) is 0 Å². The maximum atomic E-state index is 13.1. The second-order valence-corrected chi connectivity index (χ2v) is 6.19. The summed E-state index contributed by atoms with van der Waals surface area (Å²) in [7, 11) is 0. The lowest BCUT2D eigenvalue weighted by molar-refractivity contribution is 0.102. The van der Waals surface area contributed by atoms with E-state index in [1.807, 2.05) is 26.0 Å². The fourth-order valence-electron chi connectivity index (χ4n) is 2.92. The van der Waals surface area contributed by atoms with E-state index in [-0.39, 0.29) is 17.2 Å². The van der Waals surface area contributed by atoms with Gasteiger partial charge < -0.3 is 9.88 Å². The number of aromatic nitrogens is 2. The Hall–Kier alpha value is -3.47. The number of hydrogen-bond acceptors (Lipinski definition) is 3. The Labute approximate surface area is 165 Å². The van der Waals surface area contributed by atoms with Gasteiger partial charge in [0.1, 0.15) is 5.56 Å². The van der Waals surface area contributed by atoms with Gasteiger partial charge in [0.15, 0.2) is 0 Å². The number of allylic oxidation sites excluding steroid dienone is 6. The Morgan fingerprint density at radius 2 is 2.00 bits per heavy atom. The Kier molecular flexibility index (Phi) is 7.45. The molecular formula is C23H25N3O2. The smallest absolute Gasteiger partial charge is 0.263 e. The summed E-state index contributed by atoms with van der Waals surface area (Å²) in [6, 6.07) is 6.36. The van der Waals surface area contributed by atoms with Crippen molar-refractivity contribution in [2.75, 3.05) is 5.32 Å². The molecule has 2 aromatic rings. The van der Waals surface area contributed by atoms with Gasteiger partial charge in [-0.3, -0.25) is 14.6 Å². The molecule has 0 fully saturated rings. The van der Waals surface area contributed by atoms with Crippen molar-refractivity contribution in [1.29, 1.82) is 0 Å². The summed E-state index contributed by atoms with van der Waals surface area (Å²) in [6.07, 6.45) is 12.7. The third kappa shape index (κ3) is 4.82. The van der Waals surface area contributed by atoms with E-state index in [2.05, 4.69) is 23.5 Å². The van der Waals surface area contributed by atoms with E-state index in [0.29, 0.717) is 12.1 Å². The van der Waals surface area contributed by atoms with Gasteiger partial charge in [0.25, 0.3) is 11.5 Å². The summed E-state index contributed by atoms with van der Waals surface area (Å²) >= 11 is 0. The van der Waals surface area contributed by atoms with E-state index in [1.54, 1.807) is 53.5 Å². The maximum Gasteiger partial charge on any atom is 0.263 e. The van der Waals surface area contributed by atoms with Crippen LogP contribution in [0.4, 0.5) is 5.69 Å². The fourth-order valence-corrected chi connectivity index (χ4v) is 2.92. The first-order valence-corrected chi connectivity index (χ1v) is 9.08. The highest BCUT2D eigenvalue weighted by Gasteiger charge is 2.19. The zero-order valence-electron chi connectivity index (χ0n) is 16.3. The highest BCUT2D eigenvalue weighted by Crippen LogP contribution is 2.25. The summed E-state index contributed by atoms with van der Waals surface area (Å²) < 4.78 is 1.59. The average molecular weight is 375 g/mol. The predicted molar refractivity (Wildman–Crippen MR) is 114 cm³/mol. The summed E-state index contributed by atoms with van der Waals surface area (Å²) in [6.45, 7) is 11.5. The van der Waals surface area contributed by atoms with Crippen molar-refractivity contribution in [3.8, 4) is 0 Å². The Morgan fingerprint density at radius 3 is 2.61 bits per heavy atom. The number of carbonyl (C=O) groups excluding carboxylic acids is 1. The summed E-state index contributed by atoms with van der Waals surface area (Å²) in [4.78, 5) is 29.6. The van der Waals surface area contributed by atoms with Gasteiger partial charge in [-0.05, 0) is 48.8 Å². The third-order valence-electron chi connectivity index (χ3n) is 4.41. The molecule has 2 aromatic heterocycles. The third-order valence-corrected chi connectivity index (χ3v) is 4.41. The van der Waals surface area contributed by atoms with Crippen LogP contribution in [0, 0.1) is 0 Å². The highest BCUT2D eigenvalue weighted by atomic mass is 16.2. The van der Waals surface area contributed by atoms with Crippen molar-refractivity contribution in [1.82, 2.24) is 9.55 Å². The monoisotopic (exact) mass is 375 g/mol. The normalized spacial score (nSPS) is 12.9. The minimum Gasteiger partial charge on any atom is -0.322 e. The highest BCUT2D eigenvalue weighted by molar-refractivity contribution is 6.03. The van der Waals surface area contributed by atoms with E-state index >= 15 is 0 Å². The van der Waals surface area contributed by atoms with Crippen LogP contribution in [0.2, 0.25) is 0 Å². The molecule has 5 heteroatoms. The van der Waals surface area contributed by atoms with Crippen LogP contribution in [0.5, 0.6) is 0 Å². The van der Waals surface area contributed by atoms with Crippen LogP contribution in [0.25, 0.3) is 0 Å². The lowest BCUT2D eigenvalue weighted by atomic mass is 9.98. The molecule has 1 amide bonds. The van der Waals surface area contributed by atoms with Gasteiger partial charge in [-0.2, -0.15) is 0 Å². The lowest BCUT2D eigenvalue weighted by Crippen LogP contribution is -2.31. The van der Waals surface area contributed by atoms with E-state index in [1.165, 1.54) is 6.07 Å². The predicted octanol–water partition coefficient (Wildman–Crippen LogP) is 4.69. The van der Waals surface area contributed by atoms with Crippen LogP contribution in [0.3, 0.4) is 0 Å². The van der Waals surface area contributed by atoms with E-state index in [0.717, 1.165) is 11.1 Å². The van der Waals surface area contributed by atoms with Gasteiger partial charge in [-0.1, -0.05) is 44.4 Å². The molecule has 28 heavy (non-hydrogen) atoms.